The molecule has 6 heteroatoms. The molecule has 0 N–H and O–H groups in total. The first-order valence-electron chi connectivity index (χ1n) is 17.2. The van der Waals surface area contributed by atoms with Gasteiger partial charge in [0.2, 0.25) is 0 Å². The van der Waals surface area contributed by atoms with Crippen LogP contribution in [0.3, 0.4) is 0 Å². The van der Waals surface area contributed by atoms with Crippen LogP contribution >= 0.6 is 22.7 Å². The van der Waals surface area contributed by atoms with Crippen molar-refractivity contribution in [3.63, 3.8) is 0 Å². The van der Waals surface area contributed by atoms with Crippen LogP contribution in [-0.4, -0.2) is 11.3 Å². The van der Waals surface area contributed by atoms with Gasteiger partial charge in [-0.05, 0) is 65.5 Å². The molecular weight excluding hydrogens is 645 g/mol. The smallest absolute Gasteiger partial charge is 0.275 e. The van der Waals surface area contributed by atoms with Crippen LogP contribution in [0.15, 0.2) is 146 Å². The second-order valence-electron chi connectivity index (χ2n) is 13.6. The maximum atomic E-state index is 2.61. The first kappa shape index (κ1) is 26.1. The molecule has 3 aliphatic heterocycles. The van der Waals surface area contributed by atoms with Gasteiger partial charge in [-0.2, -0.15) is 0 Å². The quantitative estimate of drug-likeness (QED) is 0.170. The molecule has 230 valence electrons. The molecule has 3 aliphatic rings. The van der Waals surface area contributed by atoms with Crippen molar-refractivity contribution in [3.05, 3.63) is 146 Å². The van der Waals surface area contributed by atoms with E-state index in [2.05, 4.69) is 160 Å². The molecule has 13 rings (SSSR count). The lowest BCUT2D eigenvalue weighted by Gasteiger charge is -2.41. The van der Waals surface area contributed by atoms with Crippen molar-refractivity contribution in [1.29, 1.82) is 0 Å². The van der Waals surface area contributed by atoms with E-state index in [9.17, 15) is 0 Å². The maximum absolute atomic E-state index is 2.61. The van der Waals surface area contributed by atoms with E-state index in [0.717, 1.165) is 0 Å². The first-order chi connectivity index (χ1) is 24.8. The van der Waals surface area contributed by atoms with Crippen molar-refractivity contribution in [3.8, 4) is 5.69 Å². The van der Waals surface area contributed by atoms with E-state index in [1.807, 2.05) is 22.7 Å². The minimum absolute atomic E-state index is 0.144. The zero-order chi connectivity index (χ0) is 32.2. The average molecular weight is 670 g/mol. The normalized spacial score (nSPS) is 13.9. The van der Waals surface area contributed by atoms with Crippen LogP contribution in [0.4, 0.5) is 34.1 Å². The number of benzene rings is 7. The van der Waals surface area contributed by atoms with Crippen molar-refractivity contribution >= 4 is 131 Å². The number of aromatic nitrogens is 1. The lowest BCUT2D eigenvalue weighted by Crippen LogP contribution is -2.59. The Morgan fingerprint density at radius 3 is 1.50 bits per heavy atom. The summed E-state index contributed by atoms with van der Waals surface area (Å²) in [7, 11) is 0. The van der Waals surface area contributed by atoms with Gasteiger partial charge >= 0.3 is 0 Å². The molecule has 10 aromatic rings. The fraction of sp³-hybridized carbons (Fsp3) is 0. The van der Waals surface area contributed by atoms with Crippen LogP contribution in [0.1, 0.15) is 0 Å². The Kier molecular flexibility index (Phi) is 4.72. The summed E-state index contributed by atoms with van der Waals surface area (Å²) >= 11 is 3.81. The summed E-state index contributed by atoms with van der Waals surface area (Å²) in [5.41, 5.74) is 14.3. The second kappa shape index (κ2) is 9.04. The van der Waals surface area contributed by atoms with Gasteiger partial charge in [0.05, 0.1) is 32.0 Å². The Bertz CT molecular complexity index is 3150. The highest BCUT2D eigenvalue weighted by Crippen LogP contribution is 2.53. The molecule has 0 spiro atoms. The average Bonchev–Trinajstić information content (AvgIpc) is 3.92. The molecule has 3 aromatic heterocycles. The van der Waals surface area contributed by atoms with Crippen molar-refractivity contribution < 1.29 is 0 Å². The van der Waals surface area contributed by atoms with Gasteiger partial charge in [0, 0.05) is 64.7 Å². The molecule has 0 bridgehead atoms. The Morgan fingerprint density at radius 2 is 0.840 bits per heavy atom. The van der Waals surface area contributed by atoms with E-state index in [1.54, 1.807) is 0 Å². The number of thiophene rings is 2. The summed E-state index contributed by atoms with van der Waals surface area (Å²) in [6.07, 6.45) is 0. The summed E-state index contributed by atoms with van der Waals surface area (Å²) in [5, 5.41) is 6.59. The summed E-state index contributed by atoms with van der Waals surface area (Å²) in [4.78, 5) is 5.18. The molecule has 0 fully saturated rings. The predicted molar refractivity (Wildman–Crippen MR) is 217 cm³/mol. The van der Waals surface area contributed by atoms with Gasteiger partial charge in [0.25, 0.3) is 6.71 Å². The zero-order valence-corrected chi connectivity index (χ0v) is 28.2. The van der Waals surface area contributed by atoms with Crippen LogP contribution in [0.25, 0.3) is 56.9 Å². The van der Waals surface area contributed by atoms with E-state index in [0.29, 0.717) is 0 Å². The number of rotatable bonds is 2. The minimum Gasteiger partial charge on any atom is -0.320 e. The standard InChI is InChI=1S/C44H24BN3S2/c1-4-16-30-29(13-1)41-44-45-39-31(17-9-19-33(39)47(41)36-22-8-15-28-26-12-3-6-24-38(26)50-43(28)36)46(32-18-10-20-34(40(32)45)48(30)44)35-21-7-14-27-25-11-2-5-23-37(25)49-42(27)35/h1-24H. The van der Waals surface area contributed by atoms with Gasteiger partial charge in [-0.15, -0.1) is 22.7 Å². The minimum atomic E-state index is 0.144. The lowest BCUT2D eigenvalue weighted by atomic mass is 9.36. The van der Waals surface area contributed by atoms with E-state index in [4.69, 9.17) is 0 Å². The molecule has 0 amide bonds. The topological polar surface area (TPSA) is 11.4 Å². The summed E-state index contributed by atoms with van der Waals surface area (Å²) in [5.74, 6) is 0. The first-order valence-corrected chi connectivity index (χ1v) is 18.8. The third kappa shape index (κ3) is 2.97. The fourth-order valence-corrected chi connectivity index (χ4v) is 11.9. The fourth-order valence-electron chi connectivity index (χ4n) is 9.45. The monoisotopic (exact) mass is 669 g/mol. The summed E-state index contributed by atoms with van der Waals surface area (Å²) < 4.78 is 7.89. The van der Waals surface area contributed by atoms with E-state index in [-0.39, 0.29) is 6.71 Å². The molecule has 3 nitrogen and oxygen atoms in total. The molecular formula is C44H24BN3S2. The zero-order valence-electron chi connectivity index (χ0n) is 26.6. The van der Waals surface area contributed by atoms with Crippen molar-refractivity contribution in [2.24, 2.45) is 0 Å². The van der Waals surface area contributed by atoms with Crippen molar-refractivity contribution in [2.75, 3.05) is 9.80 Å². The summed E-state index contributed by atoms with van der Waals surface area (Å²) in [6.45, 7) is 0.144. The highest BCUT2D eigenvalue weighted by atomic mass is 32.1. The Balaban J connectivity index is 1.19. The number of hydrogen-bond donors (Lipinski definition) is 0. The Labute approximate surface area is 295 Å². The van der Waals surface area contributed by atoms with Crippen LogP contribution in [0, 0.1) is 0 Å². The van der Waals surface area contributed by atoms with E-state index >= 15 is 0 Å². The van der Waals surface area contributed by atoms with Gasteiger partial charge in [-0.25, -0.2) is 0 Å². The third-order valence-electron chi connectivity index (χ3n) is 11.3. The summed E-state index contributed by atoms with van der Waals surface area (Å²) in [6, 6.07) is 54.4. The van der Waals surface area contributed by atoms with Crippen LogP contribution in [0.5, 0.6) is 0 Å². The SMILES string of the molecule is c1cc2c3c(c1)N(c1cccc4c1sc1ccccc14)c1c4n(c5ccccc15)-c1cccc(c1B34)N2c1cccc2c1sc1ccccc12. The van der Waals surface area contributed by atoms with Gasteiger partial charge in [-0.1, -0.05) is 91.0 Å². The number of nitrogens with zero attached hydrogens (tertiary/aromatic N) is 3. The highest BCUT2D eigenvalue weighted by molar-refractivity contribution is 7.27. The van der Waals surface area contributed by atoms with Gasteiger partial charge in [0.1, 0.15) is 0 Å². The Hall–Kier alpha value is -5.82. The van der Waals surface area contributed by atoms with E-state index < -0.39 is 0 Å². The largest absolute Gasteiger partial charge is 0.320 e. The molecule has 50 heavy (non-hydrogen) atoms. The second-order valence-corrected chi connectivity index (χ2v) is 15.7. The molecule has 7 aromatic carbocycles. The molecule has 0 aliphatic carbocycles. The molecule has 0 atom stereocenters. The molecule has 0 radical (unpaired) electrons. The van der Waals surface area contributed by atoms with Crippen molar-refractivity contribution in [1.82, 2.24) is 4.57 Å². The molecule has 0 unspecified atom stereocenters. The van der Waals surface area contributed by atoms with Crippen LogP contribution < -0.4 is 26.3 Å². The number of hydrogen-bond acceptors (Lipinski definition) is 4. The van der Waals surface area contributed by atoms with Crippen LogP contribution in [-0.2, 0) is 0 Å². The lowest BCUT2D eigenvalue weighted by molar-refractivity contribution is 1.19. The maximum Gasteiger partial charge on any atom is 0.275 e. The molecule has 0 saturated heterocycles. The predicted octanol–water partition coefficient (Wildman–Crippen LogP) is 10.8. The van der Waals surface area contributed by atoms with Crippen molar-refractivity contribution in [2.45, 2.75) is 0 Å². The van der Waals surface area contributed by atoms with Gasteiger partial charge in [0.15, 0.2) is 0 Å². The van der Waals surface area contributed by atoms with E-state index in [1.165, 1.54) is 108 Å². The Morgan fingerprint density at radius 1 is 0.380 bits per heavy atom. The number of fused-ring (bicyclic) bond motifs is 10. The van der Waals surface area contributed by atoms with Gasteiger partial charge < -0.3 is 14.4 Å². The number of para-hydroxylation sites is 1. The molecule has 0 saturated carbocycles. The van der Waals surface area contributed by atoms with Crippen LogP contribution in [0.2, 0.25) is 0 Å². The third-order valence-corrected chi connectivity index (χ3v) is 13.7. The van der Waals surface area contributed by atoms with Gasteiger partial charge in [-0.3, -0.25) is 0 Å². The number of anilines is 6. The highest BCUT2D eigenvalue weighted by Gasteiger charge is 2.51. The molecule has 6 heterocycles.